The van der Waals surface area contributed by atoms with Crippen LogP contribution >= 0.6 is 23.8 Å². The van der Waals surface area contributed by atoms with Crippen LogP contribution in [0, 0.1) is 5.82 Å². The van der Waals surface area contributed by atoms with Crippen LogP contribution in [0.15, 0.2) is 18.2 Å². The van der Waals surface area contributed by atoms with Crippen molar-refractivity contribution in [2.75, 3.05) is 19.7 Å². The van der Waals surface area contributed by atoms with Gasteiger partial charge in [0, 0.05) is 30.2 Å². The van der Waals surface area contributed by atoms with Gasteiger partial charge < -0.3 is 10.5 Å². The van der Waals surface area contributed by atoms with Crippen LogP contribution in [0.4, 0.5) is 4.39 Å². The van der Waals surface area contributed by atoms with E-state index in [0.29, 0.717) is 35.3 Å². The summed E-state index contributed by atoms with van der Waals surface area (Å²) in [5, 5.41) is 0.402. The Morgan fingerprint density at radius 1 is 1.61 bits per heavy atom. The lowest BCUT2D eigenvalue weighted by Crippen LogP contribution is -2.47. The predicted molar refractivity (Wildman–Crippen MR) is 73.2 cm³/mol. The molecule has 0 saturated carbocycles. The third-order valence-electron chi connectivity index (χ3n) is 2.88. The Morgan fingerprint density at radius 2 is 2.39 bits per heavy atom. The number of hydrogen-bond acceptors (Lipinski definition) is 3. The summed E-state index contributed by atoms with van der Waals surface area (Å²) >= 11 is 10.6. The molecule has 1 aliphatic heterocycles. The molecule has 2 N–H and O–H groups in total. The highest BCUT2D eigenvalue weighted by Gasteiger charge is 2.23. The van der Waals surface area contributed by atoms with Crippen molar-refractivity contribution in [1.82, 2.24) is 4.90 Å². The maximum absolute atomic E-state index is 13.7. The monoisotopic (exact) mass is 288 g/mol. The van der Waals surface area contributed by atoms with E-state index in [9.17, 15) is 4.39 Å². The second-order valence-electron chi connectivity index (χ2n) is 4.23. The van der Waals surface area contributed by atoms with Gasteiger partial charge in [-0.2, -0.15) is 0 Å². The minimum atomic E-state index is -0.291. The number of halogens is 2. The third kappa shape index (κ3) is 3.38. The average molecular weight is 289 g/mol. The Bertz CT molecular complexity index is 458. The minimum Gasteiger partial charge on any atom is -0.391 e. The summed E-state index contributed by atoms with van der Waals surface area (Å²) in [5.74, 6) is -0.291. The van der Waals surface area contributed by atoms with Crippen LogP contribution in [0.2, 0.25) is 5.02 Å². The fraction of sp³-hybridized carbons (Fsp3) is 0.417. The van der Waals surface area contributed by atoms with Gasteiger partial charge >= 0.3 is 0 Å². The molecule has 1 unspecified atom stereocenters. The molecule has 1 atom stereocenters. The van der Waals surface area contributed by atoms with Gasteiger partial charge in [0.25, 0.3) is 0 Å². The Labute approximate surface area is 116 Å². The van der Waals surface area contributed by atoms with Crippen LogP contribution in [-0.2, 0) is 11.3 Å². The minimum absolute atomic E-state index is 0.246. The first-order valence-electron chi connectivity index (χ1n) is 5.63. The van der Waals surface area contributed by atoms with E-state index in [-0.39, 0.29) is 11.9 Å². The van der Waals surface area contributed by atoms with Crippen LogP contribution in [0.25, 0.3) is 0 Å². The van der Waals surface area contributed by atoms with Gasteiger partial charge in [0.2, 0.25) is 0 Å². The van der Waals surface area contributed by atoms with Crippen LogP contribution in [0.1, 0.15) is 5.56 Å². The predicted octanol–water partition coefficient (Wildman–Crippen LogP) is 1.97. The van der Waals surface area contributed by atoms with E-state index in [4.69, 9.17) is 34.3 Å². The number of ether oxygens (including phenoxy) is 1. The molecule has 0 amide bonds. The number of rotatable bonds is 3. The molecule has 6 heteroatoms. The fourth-order valence-corrected chi connectivity index (χ4v) is 2.21. The lowest BCUT2D eigenvalue weighted by Gasteiger charge is -2.32. The quantitative estimate of drug-likeness (QED) is 0.863. The molecule has 1 aliphatic rings. The van der Waals surface area contributed by atoms with E-state index in [0.717, 1.165) is 6.54 Å². The summed E-state index contributed by atoms with van der Waals surface area (Å²) in [6.45, 7) is 2.39. The molecular weight excluding hydrogens is 275 g/mol. The van der Waals surface area contributed by atoms with Gasteiger partial charge in [0.15, 0.2) is 0 Å². The van der Waals surface area contributed by atoms with Crippen molar-refractivity contribution >= 4 is 28.8 Å². The molecule has 2 rings (SSSR count). The Kier molecular flexibility index (Phi) is 4.50. The van der Waals surface area contributed by atoms with Gasteiger partial charge in [-0.3, -0.25) is 4.90 Å². The number of benzene rings is 1. The van der Waals surface area contributed by atoms with Crippen LogP contribution < -0.4 is 5.73 Å². The maximum atomic E-state index is 13.7. The van der Waals surface area contributed by atoms with E-state index in [1.54, 1.807) is 12.1 Å². The van der Waals surface area contributed by atoms with Gasteiger partial charge in [-0.05, 0) is 12.1 Å². The Balaban J connectivity index is 2.02. The van der Waals surface area contributed by atoms with Gasteiger partial charge in [-0.1, -0.05) is 29.9 Å². The first kappa shape index (κ1) is 13.7. The molecule has 0 radical (unpaired) electrons. The zero-order valence-electron chi connectivity index (χ0n) is 9.73. The number of hydrogen-bond donors (Lipinski definition) is 1. The van der Waals surface area contributed by atoms with Crippen LogP contribution in [0.5, 0.6) is 0 Å². The molecule has 0 aliphatic carbocycles. The molecule has 98 valence electrons. The van der Waals surface area contributed by atoms with Crippen molar-refractivity contribution < 1.29 is 9.13 Å². The average Bonchev–Trinajstić information content (AvgIpc) is 2.33. The van der Waals surface area contributed by atoms with Crippen LogP contribution in [0.3, 0.4) is 0 Å². The van der Waals surface area contributed by atoms with Gasteiger partial charge in [0.1, 0.15) is 16.9 Å². The number of nitrogens with zero attached hydrogens (tertiary/aromatic N) is 1. The first-order valence-corrected chi connectivity index (χ1v) is 6.42. The normalized spacial score (nSPS) is 20.9. The number of thiocarbonyl (C=S) groups is 1. The highest BCUT2D eigenvalue weighted by atomic mass is 35.5. The molecule has 1 heterocycles. The summed E-state index contributed by atoms with van der Waals surface area (Å²) in [7, 11) is 0. The molecule has 0 bridgehead atoms. The van der Waals surface area contributed by atoms with E-state index < -0.39 is 0 Å². The molecule has 0 spiro atoms. The first-order chi connectivity index (χ1) is 8.56. The molecular formula is C12H14ClFN2OS. The number of morpholine rings is 1. The fourth-order valence-electron chi connectivity index (χ4n) is 1.91. The second-order valence-corrected chi connectivity index (χ2v) is 5.14. The van der Waals surface area contributed by atoms with Crippen molar-refractivity contribution in [3.63, 3.8) is 0 Å². The SMILES string of the molecule is NC(=S)C1CN(Cc2ccc(Cl)cc2F)CCO1. The van der Waals surface area contributed by atoms with E-state index in [1.165, 1.54) is 6.07 Å². The molecule has 1 aromatic rings. The molecule has 18 heavy (non-hydrogen) atoms. The van der Waals surface area contributed by atoms with Gasteiger partial charge in [-0.15, -0.1) is 0 Å². The summed E-state index contributed by atoms with van der Waals surface area (Å²) in [4.78, 5) is 2.41. The van der Waals surface area contributed by atoms with Crippen LogP contribution in [-0.4, -0.2) is 35.7 Å². The Hall–Kier alpha value is -0.750. The largest absolute Gasteiger partial charge is 0.391 e. The van der Waals surface area contributed by atoms with E-state index in [1.807, 2.05) is 0 Å². The molecule has 3 nitrogen and oxygen atoms in total. The molecule has 1 fully saturated rings. The number of nitrogens with two attached hydrogens (primary N) is 1. The van der Waals surface area contributed by atoms with Crippen molar-refractivity contribution in [1.29, 1.82) is 0 Å². The second kappa shape index (κ2) is 5.93. The standard InChI is InChI=1S/C12H14ClFN2OS/c13-9-2-1-8(10(14)5-9)6-16-3-4-17-11(7-16)12(15)18/h1-2,5,11H,3-4,6-7H2,(H2,15,18). The summed E-state index contributed by atoms with van der Waals surface area (Å²) in [5.41, 5.74) is 6.17. The lowest BCUT2D eigenvalue weighted by molar-refractivity contribution is 0.00354. The summed E-state index contributed by atoms with van der Waals surface area (Å²) in [6.07, 6.45) is -0.246. The van der Waals surface area contributed by atoms with Gasteiger partial charge in [-0.25, -0.2) is 4.39 Å². The van der Waals surface area contributed by atoms with Crippen molar-refractivity contribution in [3.05, 3.63) is 34.6 Å². The van der Waals surface area contributed by atoms with Crippen molar-refractivity contribution in [3.8, 4) is 0 Å². The Morgan fingerprint density at radius 3 is 3.06 bits per heavy atom. The highest BCUT2D eigenvalue weighted by Crippen LogP contribution is 2.17. The zero-order valence-corrected chi connectivity index (χ0v) is 11.3. The zero-order chi connectivity index (χ0) is 13.1. The van der Waals surface area contributed by atoms with Gasteiger partial charge in [0.05, 0.1) is 6.61 Å². The van der Waals surface area contributed by atoms with Crippen molar-refractivity contribution in [2.24, 2.45) is 5.73 Å². The molecule has 1 aromatic carbocycles. The smallest absolute Gasteiger partial charge is 0.129 e. The molecule has 1 saturated heterocycles. The topological polar surface area (TPSA) is 38.5 Å². The summed E-state index contributed by atoms with van der Waals surface area (Å²) in [6, 6.07) is 4.71. The van der Waals surface area contributed by atoms with E-state index in [2.05, 4.69) is 4.90 Å². The maximum Gasteiger partial charge on any atom is 0.129 e. The molecule has 0 aromatic heterocycles. The third-order valence-corrected chi connectivity index (χ3v) is 3.37. The van der Waals surface area contributed by atoms with Crippen molar-refractivity contribution in [2.45, 2.75) is 12.6 Å². The summed E-state index contributed by atoms with van der Waals surface area (Å²) < 4.78 is 19.1. The lowest BCUT2D eigenvalue weighted by atomic mass is 10.1. The van der Waals surface area contributed by atoms with E-state index >= 15 is 0 Å². The highest BCUT2D eigenvalue weighted by molar-refractivity contribution is 7.80.